The SMILES string of the molecule is O=C(CSc1ccccc1O)Nc1ccc(Br)cc1Cl. The summed E-state index contributed by atoms with van der Waals surface area (Å²) < 4.78 is 0.851. The zero-order valence-electron chi connectivity index (χ0n) is 10.3. The summed E-state index contributed by atoms with van der Waals surface area (Å²) in [6, 6.07) is 12.2. The molecule has 0 aromatic heterocycles. The quantitative estimate of drug-likeness (QED) is 0.775. The average Bonchev–Trinajstić information content (AvgIpc) is 2.41. The van der Waals surface area contributed by atoms with E-state index in [0.29, 0.717) is 15.6 Å². The molecule has 2 aromatic rings. The van der Waals surface area contributed by atoms with Gasteiger partial charge in [0.2, 0.25) is 5.91 Å². The number of rotatable bonds is 4. The van der Waals surface area contributed by atoms with Gasteiger partial charge < -0.3 is 10.4 Å². The maximum absolute atomic E-state index is 11.9. The summed E-state index contributed by atoms with van der Waals surface area (Å²) in [5.41, 5.74) is 0.567. The van der Waals surface area contributed by atoms with Crippen LogP contribution in [0, 0.1) is 0 Å². The number of carbonyl (C=O) groups is 1. The minimum absolute atomic E-state index is 0.173. The maximum atomic E-state index is 11.9. The zero-order chi connectivity index (χ0) is 14.5. The van der Waals surface area contributed by atoms with Crippen LogP contribution in [0.3, 0.4) is 0 Å². The fourth-order valence-corrected chi connectivity index (χ4v) is 2.97. The van der Waals surface area contributed by atoms with Gasteiger partial charge in [0.25, 0.3) is 0 Å². The van der Waals surface area contributed by atoms with E-state index < -0.39 is 0 Å². The van der Waals surface area contributed by atoms with Gasteiger partial charge in [-0.1, -0.05) is 39.7 Å². The summed E-state index contributed by atoms with van der Waals surface area (Å²) in [6.45, 7) is 0. The normalized spacial score (nSPS) is 10.3. The van der Waals surface area contributed by atoms with Crippen LogP contribution in [0.2, 0.25) is 5.02 Å². The van der Waals surface area contributed by atoms with Crippen molar-refractivity contribution < 1.29 is 9.90 Å². The molecule has 0 aliphatic carbocycles. The third kappa shape index (κ3) is 4.16. The maximum Gasteiger partial charge on any atom is 0.234 e. The molecule has 0 bridgehead atoms. The number of amides is 1. The molecule has 2 N–H and O–H groups in total. The summed E-state index contributed by atoms with van der Waals surface area (Å²) in [4.78, 5) is 12.5. The Morgan fingerprint density at radius 3 is 2.75 bits per heavy atom. The van der Waals surface area contributed by atoms with Gasteiger partial charge >= 0.3 is 0 Å². The van der Waals surface area contributed by atoms with Crippen LogP contribution in [0.5, 0.6) is 5.75 Å². The van der Waals surface area contributed by atoms with Gasteiger partial charge in [0.05, 0.1) is 16.5 Å². The first kappa shape index (κ1) is 15.2. The first-order valence-electron chi connectivity index (χ1n) is 5.72. The molecule has 1 amide bonds. The lowest BCUT2D eigenvalue weighted by Crippen LogP contribution is -2.14. The highest BCUT2D eigenvalue weighted by Gasteiger charge is 2.08. The molecule has 0 atom stereocenters. The molecule has 0 fully saturated rings. The Hall–Kier alpha value is -1.17. The molecular weight excluding hydrogens is 362 g/mol. The largest absolute Gasteiger partial charge is 0.507 e. The molecule has 0 unspecified atom stereocenters. The highest BCUT2D eigenvalue weighted by Crippen LogP contribution is 2.29. The van der Waals surface area contributed by atoms with Crippen LogP contribution in [-0.4, -0.2) is 16.8 Å². The first-order valence-corrected chi connectivity index (χ1v) is 7.87. The van der Waals surface area contributed by atoms with E-state index >= 15 is 0 Å². The molecule has 0 radical (unpaired) electrons. The molecule has 104 valence electrons. The molecule has 6 heteroatoms. The predicted octanol–water partition coefficient (Wildman–Crippen LogP) is 4.54. The van der Waals surface area contributed by atoms with Gasteiger partial charge in [-0.3, -0.25) is 4.79 Å². The lowest BCUT2D eigenvalue weighted by molar-refractivity contribution is -0.113. The van der Waals surface area contributed by atoms with Gasteiger partial charge in [-0.25, -0.2) is 0 Å². The molecule has 0 saturated carbocycles. The number of hydrogen-bond acceptors (Lipinski definition) is 3. The predicted molar refractivity (Wildman–Crippen MR) is 86.6 cm³/mol. The fraction of sp³-hybridized carbons (Fsp3) is 0.0714. The van der Waals surface area contributed by atoms with E-state index in [-0.39, 0.29) is 17.4 Å². The number of benzene rings is 2. The molecule has 0 aliphatic heterocycles. The molecule has 2 aromatic carbocycles. The topological polar surface area (TPSA) is 49.3 Å². The fourth-order valence-electron chi connectivity index (χ4n) is 1.50. The molecule has 0 saturated heterocycles. The number of hydrogen-bond donors (Lipinski definition) is 2. The van der Waals surface area contributed by atoms with Crippen LogP contribution in [0.15, 0.2) is 51.8 Å². The lowest BCUT2D eigenvalue weighted by Gasteiger charge is -2.08. The number of phenols is 1. The van der Waals surface area contributed by atoms with E-state index in [0.717, 1.165) is 4.47 Å². The number of para-hydroxylation sites is 1. The van der Waals surface area contributed by atoms with E-state index in [9.17, 15) is 9.90 Å². The van der Waals surface area contributed by atoms with E-state index in [4.69, 9.17) is 11.6 Å². The second-order valence-electron chi connectivity index (χ2n) is 3.93. The van der Waals surface area contributed by atoms with Gasteiger partial charge in [-0.05, 0) is 30.3 Å². The van der Waals surface area contributed by atoms with Gasteiger partial charge in [-0.2, -0.15) is 0 Å². The smallest absolute Gasteiger partial charge is 0.234 e. The number of thioether (sulfide) groups is 1. The van der Waals surface area contributed by atoms with Crippen molar-refractivity contribution in [3.05, 3.63) is 52.0 Å². The monoisotopic (exact) mass is 371 g/mol. The van der Waals surface area contributed by atoms with Crippen molar-refractivity contribution in [3.8, 4) is 5.75 Å². The number of anilines is 1. The van der Waals surface area contributed by atoms with Crippen LogP contribution in [-0.2, 0) is 4.79 Å². The summed E-state index contributed by atoms with van der Waals surface area (Å²) in [7, 11) is 0. The van der Waals surface area contributed by atoms with Crippen LogP contribution in [0.4, 0.5) is 5.69 Å². The molecule has 0 heterocycles. The van der Waals surface area contributed by atoms with Crippen LogP contribution >= 0.6 is 39.3 Å². The van der Waals surface area contributed by atoms with Crippen molar-refractivity contribution in [2.45, 2.75) is 4.90 Å². The molecule has 20 heavy (non-hydrogen) atoms. The van der Waals surface area contributed by atoms with Crippen molar-refractivity contribution in [2.75, 3.05) is 11.1 Å². The lowest BCUT2D eigenvalue weighted by atomic mass is 10.3. The van der Waals surface area contributed by atoms with Gasteiger partial charge in [0.1, 0.15) is 5.75 Å². The molecule has 0 spiro atoms. The Morgan fingerprint density at radius 1 is 1.30 bits per heavy atom. The minimum Gasteiger partial charge on any atom is -0.507 e. The van der Waals surface area contributed by atoms with Gasteiger partial charge in [0, 0.05) is 9.37 Å². The number of carbonyl (C=O) groups excluding carboxylic acids is 1. The van der Waals surface area contributed by atoms with Crippen molar-refractivity contribution >= 4 is 50.9 Å². The highest BCUT2D eigenvalue weighted by atomic mass is 79.9. The Balaban J connectivity index is 1.94. The minimum atomic E-state index is -0.178. The zero-order valence-corrected chi connectivity index (χ0v) is 13.4. The summed E-state index contributed by atoms with van der Waals surface area (Å²) >= 11 is 10.6. The Bertz CT molecular complexity index is 636. The first-order chi connectivity index (χ1) is 9.56. The number of halogens is 2. The summed E-state index contributed by atoms with van der Waals surface area (Å²) in [5.74, 6) is 0.193. The third-order valence-electron chi connectivity index (χ3n) is 2.43. The summed E-state index contributed by atoms with van der Waals surface area (Å²) in [5, 5.41) is 12.8. The Labute approximate surface area is 134 Å². The molecule has 0 aliphatic rings. The van der Waals surface area contributed by atoms with Crippen molar-refractivity contribution in [3.63, 3.8) is 0 Å². The van der Waals surface area contributed by atoms with Crippen molar-refractivity contribution in [2.24, 2.45) is 0 Å². The summed E-state index contributed by atoms with van der Waals surface area (Å²) in [6.07, 6.45) is 0. The average molecular weight is 373 g/mol. The van der Waals surface area contributed by atoms with E-state index in [1.165, 1.54) is 11.8 Å². The second kappa shape index (κ2) is 7.02. The third-order valence-corrected chi connectivity index (χ3v) is 4.30. The van der Waals surface area contributed by atoms with E-state index in [1.54, 1.807) is 36.4 Å². The standard InChI is InChI=1S/C14H11BrClNO2S/c15-9-5-6-11(10(16)7-9)17-14(19)8-20-13-4-2-1-3-12(13)18/h1-7,18H,8H2,(H,17,19). The van der Waals surface area contributed by atoms with Gasteiger partial charge in [-0.15, -0.1) is 11.8 Å². The number of aromatic hydroxyl groups is 1. The Morgan fingerprint density at radius 2 is 2.05 bits per heavy atom. The van der Waals surface area contributed by atoms with Crippen LogP contribution < -0.4 is 5.32 Å². The van der Waals surface area contributed by atoms with E-state index in [2.05, 4.69) is 21.2 Å². The number of nitrogens with one attached hydrogen (secondary N) is 1. The van der Waals surface area contributed by atoms with Crippen molar-refractivity contribution in [1.29, 1.82) is 0 Å². The van der Waals surface area contributed by atoms with Crippen LogP contribution in [0.1, 0.15) is 0 Å². The molecular formula is C14H11BrClNO2S. The van der Waals surface area contributed by atoms with Crippen molar-refractivity contribution in [1.82, 2.24) is 0 Å². The van der Waals surface area contributed by atoms with E-state index in [1.807, 2.05) is 6.07 Å². The molecule has 3 nitrogen and oxygen atoms in total. The van der Waals surface area contributed by atoms with Crippen LogP contribution in [0.25, 0.3) is 0 Å². The van der Waals surface area contributed by atoms with Gasteiger partial charge in [0.15, 0.2) is 0 Å². The Kier molecular flexibility index (Phi) is 5.34. The number of phenolic OH excluding ortho intramolecular Hbond substituents is 1. The molecule has 2 rings (SSSR count). The highest BCUT2D eigenvalue weighted by molar-refractivity contribution is 9.10. The second-order valence-corrected chi connectivity index (χ2v) is 6.27.